The average Bonchev–Trinajstić information content (AvgIpc) is 3.10. The molecule has 0 radical (unpaired) electrons. The summed E-state index contributed by atoms with van der Waals surface area (Å²) in [5, 5.41) is 0. The molecule has 2 amide bonds. The minimum absolute atomic E-state index is 0.0880. The van der Waals surface area contributed by atoms with Gasteiger partial charge in [0.2, 0.25) is 5.91 Å². The van der Waals surface area contributed by atoms with Crippen LogP contribution in [0, 0.1) is 0 Å². The first-order valence-electron chi connectivity index (χ1n) is 10.8. The van der Waals surface area contributed by atoms with E-state index in [2.05, 4.69) is 18.5 Å². The molecule has 0 saturated carbocycles. The number of nitrogens with zero attached hydrogens (tertiary/aromatic N) is 3. The molecule has 9 heteroatoms. The first-order chi connectivity index (χ1) is 15.4. The second kappa shape index (κ2) is 11.5. The summed E-state index contributed by atoms with van der Waals surface area (Å²) in [5.74, 6) is -0.149. The molecule has 1 aliphatic heterocycles. The van der Waals surface area contributed by atoms with Crippen molar-refractivity contribution in [3.05, 3.63) is 41.2 Å². The molecule has 1 aromatic heterocycles. The van der Waals surface area contributed by atoms with Crippen LogP contribution < -0.4 is 4.80 Å². The van der Waals surface area contributed by atoms with Gasteiger partial charge in [0.15, 0.2) is 4.80 Å². The van der Waals surface area contributed by atoms with Crippen molar-refractivity contribution < 1.29 is 19.1 Å². The van der Waals surface area contributed by atoms with Gasteiger partial charge in [0.1, 0.15) is 0 Å². The zero-order valence-electron chi connectivity index (χ0n) is 18.5. The van der Waals surface area contributed by atoms with E-state index in [9.17, 15) is 14.4 Å². The molecular weight excluding hydrogens is 446 g/mol. The van der Waals surface area contributed by atoms with E-state index >= 15 is 0 Å². The topological polar surface area (TPSA) is 81.0 Å². The number of ether oxygens (including phenoxy) is 1. The van der Waals surface area contributed by atoms with E-state index in [1.54, 1.807) is 25.1 Å². The van der Waals surface area contributed by atoms with Crippen LogP contribution in [0.2, 0.25) is 0 Å². The van der Waals surface area contributed by atoms with Crippen molar-refractivity contribution in [1.82, 2.24) is 9.47 Å². The largest absolute Gasteiger partial charge is 0.462 e. The van der Waals surface area contributed by atoms with Crippen LogP contribution in [0.1, 0.15) is 43.5 Å². The highest BCUT2D eigenvalue weighted by Gasteiger charge is 2.23. The average molecular weight is 476 g/mol. The minimum atomic E-state index is -0.378. The summed E-state index contributed by atoms with van der Waals surface area (Å²) in [6, 6.07) is 5.57. The van der Waals surface area contributed by atoms with E-state index in [-0.39, 0.29) is 35.3 Å². The van der Waals surface area contributed by atoms with E-state index in [0.29, 0.717) is 23.5 Å². The van der Waals surface area contributed by atoms with Crippen LogP contribution >= 0.6 is 23.1 Å². The van der Waals surface area contributed by atoms with E-state index < -0.39 is 0 Å². The van der Waals surface area contributed by atoms with Gasteiger partial charge in [0.25, 0.3) is 5.91 Å². The number of piperidine rings is 1. The molecule has 0 aliphatic carbocycles. The summed E-state index contributed by atoms with van der Waals surface area (Å²) in [5.41, 5.74) is 1.33. The molecular formula is C23H29N3O4S2. The molecule has 3 rings (SSSR count). The first kappa shape index (κ1) is 24.3. The molecule has 2 aromatic rings. The molecule has 2 heterocycles. The Morgan fingerprint density at radius 1 is 1.31 bits per heavy atom. The number of allylic oxidation sites excluding steroid dienone is 1. The third-order valence-electron chi connectivity index (χ3n) is 5.30. The summed E-state index contributed by atoms with van der Waals surface area (Å²) in [4.78, 5) is 43.7. The molecule has 32 heavy (non-hydrogen) atoms. The molecule has 1 atom stereocenters. The zero-order chi connectivity index (χ0) is 23.1. The third-order valence-corrected chi connectivity index (χ3v) is 7.24. The Bertz CT molecular complexity index is 1070. The lowest BCUT2D eigenvalue weighted by molar-refractivity contribution is -0.131. The number of fused-ring (bicyclic) bond motifs is 1. The standard InChI is InChI=1S/C23H29N3O4S2/c1-4-11-26-18-10-9-17(22(29)30-5-2)13-19(18)32-23(26)24-20(27)14-31-15-21(28)25-12-7-6-8-16(25)3/h4,9-10,13,16H,1,5-8,11-12,14-15H2,2-3H3. The molecule has 1 saturated heterocycles. The molecule has 1 aliphatic rings. The second-order valence-electron chi connectivity index (χ2n) is 7.62. The summed E-state index contributed by atoms with van der Waals surface area (Å²) in [6.45, 7) is 9.23. The lowest BCUT2D eigenvalue weighted by Crippen LogP contribution is -2.43. The number of thiazole rings is 1. The van der Waals surface area contributed by atoms with Crippen LogP contribution in [0.3, 0.4) is 0 Å². The van der Waals surface area contributed by atoms with Crippen LogP contribution in [-0.2, 0) is 20.9 Å². The molecule has 1 unspecified atom stereocenters. The minimum Gasteiger partial charge on any atom is -0.462 e. The van der Waals surface area contributed by atoms with E-state index in [0.717, 1.165) is 36.0 Å². The van der Waals surface area contributed by atoms with Gasteiger partial charge in [-0.1, -0.05) is 17.4 Å². The van der Waals surface area contributed by atoms with Gasteiger partial charge in [-0.2, -0.15) is 4.99 Å². The molecule has 0 spiro atoms. The van der Waals surface area contributed by atoms with Crippen molar-refractivity contribution in [2.75, 3.05) is 24.7 Å². The summed E-state index contributed by atoms with van der Waals surface area (Å²) in [6.07, 6.45) is 4.98. The number of rotatable bonds is 8. The maximum atomic E-state index is 12.5. The Kier molecular flexibility index (Phi) is 8.69. The van der Waals surface area contributed by atoms with Gasteiger partial charge in [0, 0.05) is 19.1 Å². The number of amides is 2. The Morgan fingerprint density at radius 3 is 2.84 bits per heavy atom. The van der Waals surface area contributed by atoms with Crippen molar-refractivity contribution in [2.24, 2.45) is 4.99 Å². The van der Waals surface area contributed by atoms with Crippen LogP contribution in [0.15, 0.2) is 35.8 Å². The zero-order valence-corrected chi connectivity index (χ0v) is 20.2. The molecule has 7 nitrogen and oxygen atoms in total. The number of hydrogen-bond donors (Lipinski definition) is 0. The molecule has 0 bridgehead atoms. The van der Waals surface area contributed by atoms with Gasteiger partial charge in [-0.3, -0.25) is 9.59 Å². The first-order valence-corrected chi connectivity index (χ1v) is 12.8. The number of thioether (sulfide) groups is 1. The van der Waals surface area contributed by atoms with Crippen molar-refractivity contribution in [2.45, 2.75) is 45.7 Å². The lowest BCUT2D eigenvalue weighted by atomic mass is 10.0. The van der Waals surface area contributed by atoms with Gasteiger partial charge in [-0.15, -0.1) is 18.3 Å². The number of aromatic nitrogens is 1. The predicted octanol–water partition coefficient (Wildman–Crippen LogP) is 3.63. The van der Waals surface area contributed by atoms with Gasteiger partial charge >= 0.3 is 5.97 Å². The van der Waals surface area contributed by atoms with E-state index in [1.807, 2.05) is 15.5 Å². The van der Waals surface area contributed by atoms with Gasteiger partial charge in [0.05, 0.1) is 33.9 Å². The Hall–Kier alpha value is -2.39. The fourth-order valence-electron chi connectivity index (χ4n) is 3.72. The molecule has 0 N–H and O–H groups in total. The number of carbonyl (C=O) groups is 3. The SMILES string of the molecule is C=CCn1c(=NC(=O)CSCC(=O)N2CCCCC2C)sc2cc(C(=O)OCC)ccc21. The third kappa shape index (κ3) is 5.89. The van der Waals surface area contributed by atoms with Crippen molar-refractivity contribution in [3.63, 3.8) is 0 Å². The predicted molar refractivity (Wildman–Crippen MR) is 129 cm³/mol. The number of carbonyl (C=O) groups excluding carboxylic acids is 3. The van der Waals surface area contributed by atoms with Crippen LogP contribution in [0.25, 0.3) is 10.2 Å². The summed E-state index contributed by atoms with van der Waals surface area (Å²) >= 11 is 2.64. The Labute approximate surface area is 196 Å². The fourth-order valence-corrected chi connectivity index (χ4v) is 5.50. The summed E-state index contributed by atoms with van der Waals surface area (Å²) < 4.78 is 7.80. The van der Waals surface area contributed by atoms with Crippen LogP contribution in [-0.4, -0.2) is 57.9 Å². The quantitative estimate of drug-likeness (QED) is 0.430. The molecule has 1 fully saturated rings. The maximum Gasteiger partial charge on any atom is 0.338 e. The fraction of sp³-hybridized carbons (Fsp3) is 0.478. The lowest BCUT2D eigenvalue weighted by Gasteiger charge is -2.33. The molecule has 1 aromatic carbocycles. The van der Waals surface area contributed by atoms with Crippen molar-refractivity contribution in [3.8, 4) is 0 Å². The number of esters is 1. The Balaban J connectivity index is 1.72. The van der Waals surface area contributed by atoms with E-state index in [1.165, 1.54) is 23.1 Å². The number of benzene rings is 1. The molecule has 172 valence electrons. The van der Waals surface area contributed by atoms with Crippen LogP contribution in [0.4, 0.5) is 0 Å². The maximum absolute atomic E-state index is 12.5. The van der Waals surface area contributed by atoms with Crippen molar-refractivity contribution in [1.29, 1.82) is 0 Å². The van der Waals surface area contributed by atoms with E-state index in [4.69, 9.17) is 4.74 Å². The summed E-state index contributed by atoms with van der Waals surface area (Å²) in [7, 11) is 0. The highest BCUT2D eigenvalue weighted by atomic mass is 32.2. The smallest absolute Gasteiger partial charge is 0.338 e. The van der Waals surface area contributed by atoms with Crippen LogP contribution in [0.5, 0.6) is 0 Å². The number of hydrogen-bond acceptors (Lipinski definition) is 6. The Morgan fingerprint density at radius 2 is 2.12 bits per heavy atom. The highest BCUT2D eigenvalue weighted by Crippen LogP contribution is 2.21. The monoisotopic (exact) mass is 475 g/mol. The highest BCUT2D eigenvalue weighted by molar-refractivity contribution is 8.00. The van der Waals surface area contributed by atoms with Gasteiger partial charge in [-0.05, 0) is 51.3 Å². The normalized spacial score (nSPS) is 16.9. The van der Waals surface area contributed by atoms with Gasteiger partial charge < -0.3 is 14.2 Å². The van der Waals surface area contributed by atoms with Gasteiger partial charge in [-0.25, -0.2) is 4.79 Å². The second-order valence-corrected chi connectivity index (χ2v) is 9.61. The number of likely N-dealkylation sites (tertiary alicyclic amines) is 1. The van der Waals surface area contributed by atoms with Crippen molar-refractivity contribution >= 4 is 51.1 Å².